The van der Waals surface area contributed by atoms with E-state index in [9.17, 15) is 4.79 Å². The van der Waals surface area contributed by atoms with Gasteiger partial charge in [-0.05, 0) is 55.8 Å². The van der Waals surface area contributed by atoms with Crippen LogP contribution in [-0.2, 0) is 0 Å². The molecule has 19 heavy (non-hydrogen) atoms. The minimum absolute atomic E-state index is 0.156. The maximum Gasteiger partial charge on any atom is 0.292 e. The van der Waals surface area contributed by atoms with Gasteiger partial charge >= 0.3 is 0 Å². The Labute approximate surface area is 112 Å². The molecule has 1 aromatic heterocycles. The molecule has 5 heteroatoms. The first kappa shape index (κ1) is 11.3. The summed E-state index contributed by atoms with van der Waals surface area (Å²) in [6.07, 6.45) is 7.98. The van der Waals surface area contributed by atoms with Gasteiger partial charge in [-0.15, -0.1) is 0 Å². The molecular formula is C14H20N4O. The normalized spacial score (nSPS) is 39.7. The second-order valence-electron chi connectivity index (χ2n) is 6.68. The summed E-state index contributed by atoms with van der Waals surface area (Å²) >= 11 is 0. The Morgan fingerprint density at radius 1 is 1.05 bits per heavy atom. The van der Waals surface area contributed by atoms with Crippen LogP contribution in [0.25, 0.3) is 0 Å². The summed E-state index contributed by atoms with van der Waals surface area (Å²) in [7, 11) is 0. The monoisotopic (exact) mass is 260 g/mol. The molecule has 4 aliphatic rings. The molecule has 4 fully saturated rings. The Kier molecular flexibility index (Phi) is 2.23. The van der Waals surface area contributed by atoms with Gasteiger partial charge in [0.2, 0.25) is 0 Å². The molecular weight excluding hydrogens is 240 g/mol. The van der Waals surface area contributed by atoms with Crippen molar-refractivity contribution in [2.75, 3.05) is 11.5 Å². The highest BCUT2D eigenvalue weighted by Crippen LogP contribution is 2.57. The number of aromatic nitrogens is 2. The zero-order valence-electron chi connectivity index (χ0n) is 11.0. The average molecular weight is 260 g/mol. The van der Waals surface area contributed by atoms with Gasteiger partial charge < -0.3 is 11.5 Å². The van der Waals surface area contributed by atoms with Gasteiger partial charge in [-0.1, -0.05) is 0 Å². The van der Waals surface area contributed by atoms with E-state index < -0.39 is 0 Å². The van der Waals surface area contributed by atoms with Crippen LogP contribution in [-0.4, -0.2) is 9.78 Å². The fourth-order valence-electron chi connectivity index (χ4n) is 5.00. The van der Waals surface area contributed by atoms with E-state index in [0.29, 0.717) is 17.5 Å². The Morgan fingerprint density at radius 2 is 1.63 bits per heavy atom. The Hall–Kier alpha value is -1.52. The summed E-state index contributed by atoms with van der Waals surface area (Å²) in [5.41, 5.74) is 11.7. The number of hydrogen-bond donors (Lipinski definition) is 2. The first-order valence-corrected chi connectivity index (χ1v) is 7.26. The van der Waals surface area contributed by atoms with Crippen LogP contribution in [0.3, 0.4) is 0 Å². The first-order chi connectivity index (χ1) is 9.13. The molecule has 0 aromatic carbocycles. The standard InChI is InChI=1S/C14H20N4O/c15-11-6-17-18(14(19)12(11)16)13-9-2-7-1-8(4-9)5-10(13)3-7/h6-10,13H,1-5,15-16H2. The predicted octanol–water partition coefficient (Wildman–Crippen LogP) is 1.40. The number of hydrogen-bond acceptors (Lipinski definition) is 4. The third kappa shape index (κ3) is 1.53. The van der Waals surface area contributed by atoms with Gasteiger partial charge in [0.05, 0.1) is 17.9 Å². The lowest BCUT2D eigenvalue weighted by atomic mass is 9.54. The number of anilines is 2. The van der Waals surface area contributed by atoms with Gasteiger partial charge in [0.25, 0.3) is 5.56 Å². The van der Waals surface area contributed by atoms with Crippen molar-refractivity contribution >= 4 is 11.4 Å². The first-order valence-electron chi connectivity index (χ1n) is 7.26. The van der Waals surface area contributed by atoms with E-state index in [0.717, 1.165) is 11.8 Å². The fraction of sp³-hybridized carbons (Fsp3) is 0.714. The van der Waals surface area contributed by atoms with E-state index in [1.54, 1.807) is 4.68 Å². The summed E-state index contributed by atoms with van der Waals surface area (Å²) in [4.78, 5) is 12.3. The van der Waals surface area contributed by atoms with Crippen molar-refractivity contribution in [2.45, 2.75) is 38.1 Å². The van der Waals surface area contributed by atoms with Crippen LogP contribution in [0, 0.1) is 23.7 Å². The highest BCUT2D eigenvalue weighted by molar-refractivity contribution is 5.59. The number of rotatable bonds is 1. The molecule has 4 saturated carbocycles. The lowest BCUT2D eigenvalue weighted by molar-refractivity contribution is -0.0353. The fourth-order valence-corrected chi connectivity index (χ4v) is 5.00. The van der Waals surface area contributed by atoms with E-state index in [-0.39, 0.29) is 17.3 Å². The van der Waals surface area contributed by atoms with Gasteiger partial charge in [-0.2, -0.15) is 5.10 Å². The van der Waals surface area contributed by atoms with E-state index in [1.165, 1.54) is 38.3 Å². The van der Waals surface area contributed by atoms with Crippen LogP contribution in [0.2, 0.25) is 0 Å². The molecule has 0 amide bonds. The van der Waals surface area contributed by atoms with Gasteiger partial charge in [0, 0.05) is 0 Å². The van der Waals surface area contributed by atoms with Crippen molar-refractivity contribution in [1.82, 2.24) is 9.78 Å². The van der Waals surface area contributed by atoms with Gasteiger partial charge in [-0.3, -0.25) is 4.79 Å². The zero-order chi connectivity index (χ0) is 13.1. The van der Waals surface area contributed by atoms with Crippen molar-refractivity contribution in [3.8, 4) is 0 Å². The summed E-state index contributed by atoms with van der Waals surface area (Å²) in [6, 6.07) is 0.253. The summed E-state index contributed by atoms with van der Waals surface area (Å²) in [5.74, 6) is 3.01. The van der Waals surface area contributed by atoms with Crippen LogP contribution in [0.15, 0.2) is 11.0 Å². The van der Waals surface area contributed by atoms with Crippen molar-refractivity contribution < 1.29 is 0 Å². The third-order valence-electron chi connectivity index (χ3n) is 5.53. The third-order valence-corrected chi connectivity index (χ3v) is 5.53. The Morgan fingerprint density at radius 3 is 2.21 bits per heavy atom. The van der Waals surface area contributed by atoms with Crippen molar-refractivity contribution in [3.63, 3.8) is 0 Å². The summed E-state index contributed by atoms with van der Waals surface area (Å²) in [6.45, 7) is 0. The highest BCUT2D eigenvalue weighted by Gasteiger charge is 2.49. The number of nitrogen functional groups attached to an aromatic ring is 2. The van der Waals surface area contributed by atoms with E-state index in [2.05, 4.69) is 5.10 Å². The molecule has 102 valence electrons. The van der Waals surface area contributed by atoms with Gasteiger partial charge in [0.15, 0.2) is 0 Å². The number of nitrogens with zero attached hydrogens (tertiary/aromatic N) is 2. The molecule has 0 spiro atoms. The minimum atomic E-state index is -0.197. The molecule has 1 aromatic rings. The molecule has 0 aliphatic heterocycles. The Balaban J connectivity index is 1.77. The van der Waals surface area contributed by atoms with Crippen molar-refractivity contribution in [3.05, 3.63) is 16.6 Å². The second-order valence-corrected chi connectivity index (χ2v) is 6.68. The largest absolute Gasteiger partial charge is 0.396 e. The smallest absolute Gasteiger partial charge is 0.292 e. The maximum absolute atomic E-state index is 12.3. The molecule has 4 aliphatic carbocycles. The molecule has 4 bridgehead atoms. The topological polar surface area (TPSA) is 86.9 Å². The zero-order valence-corrected chi connectivity index (χ0v) is 11.0. The lowest BCUT2D eigenvalue weighted by Crippen LogP contribution is -2.49. The summed E-state index contributed by atoms with van der Waals surface area (Å²) < 4.78 is 1.64. The summed E-state index contributed by atoms with van der Waals surface area (Å²) in [5, 5.41) is 4.28. The van der Waals surface area contributed by atoms with E-state index >= 15 is 0 Å². The lowest BCUT2D eigenvalue weighted by Gasteiger charge is -2.54. The molecule has 5 nitrogen and oxygen atoms in total. The molecule has 0 unspecified atom stereocenters. The van der Waals surface area contributed by atoms with Crippen LogP contribution >= 0.6 is 0 Å². The highest BCUT2D eigenvalue weighted by atomic mass is 16.1. The molecule has 0 atom stereocenters. The molecule has 1 heterocycles. The van der Waals surface area contributed by atoms with Gasteiger partial charge in [0.1, 0.15) is 5.69 Å². The van der Waals surface area contributed by atoms with Crippen molar-refractivity contribution in [1.29, 1.82) is 0 Å². The van der Waals surface area contributed by atoms with Crippen molar-refractivity contribution in [2.24, 2.45) is 23.7 Å². The SMILES string of the molecule is Nc1cnn(C2C3CC4CC(C3)CC2C4)c(=O)c1N. The molecule has 0 radical (unpaired) electrons. The van der Waals surface area contributed by atoms with Crippen LogP contribution < -0.4 is 17.0 Å². The minimum Gasteiger partial charge on any atom is -0.396 e. The maximum atomic E-state index is 12.3. The quantitative estimate of drug-likeness (QED) is 0.799. The van der Waals surface area contributed by atoms with Gasteiger partial charge in [-0.25, -0.2) is 4.68 Å². The second kappa shape index (κ2) is 3.74. The average Bonchev–Trinajstić information content (AvgIpc) is 2.37. The Bertz CT molecular complexity index is 551. The van der Waals surface area contributed by atoms with Crippen LogP contribution in [0.4, 0.5) is 11.4 Å². The van der Waals surface area contributed by atoms with E-state index in [4.69, 9.17) is 11.5 Å². The molecule has 5 rings (SSSR count). The predicted molar refractivity (Wildman–Crippen MR) is 73.4 cm³/mol. The molecule has 0 saturated heterocycles. The van der Waals surface area contributed by atoms with Crippen LogP contribution in [0.5, 0.6) is 0 Å². The van der Waals surface area contributed by atoms with E-state index in [1.807, 2.05) is 0 Å². The number of nitrogens with two attached hydrogens (primary N) is 2. The van der Waals surface area contributed by atoms with Crippen LogP contribution in [0.1, 0.15) is 38.1 Å². The molecule has 4 N–H and O–H groups in total.